The molecule has 17 heteroatoms. The van der Waals surface area contributed by atoms with Crippen LogP contribution in [-0.2, 0) is 9.47 Å². The van der Waals surface area contributed by atoms with Gasteiger partial charge in [0.05, 0.1) is 22.9 Å². The number of carbonyl (C=O) groups excluding carboxylic acids is 1. The molecule has 0 spiro atoms. The fourth-order valence-electron chi connectivity index (χ4n) is 3.60. The van der Waals surface area contributed by atoms with E-state index in [1.807, 2.05) is 0 Å². The van der Waals surface area contributed by atoms with Crippen LogP contribution in [0.1, 0.15) is 23.2 Å². The first-order valence-electron chi connectivity index (χ1n) is 11.1. The van der Waals surface area contributed by atoms with Gasteiger partial charge < -0.3 is 15.2 Å². The lowest BCUT2D eigenvalue weighted by Crippen LogP contribution is -2.43. The first kappa shape index (κ1) is 30.7. The predicted octanol–water partition coefficient (Wildman–Crippen LogP) is 4.79. The van der Waals surface area contributed by atoms with Gasteiger partial charge in [-0.25, -0.2) is 4.68 Å². The SMILES string of the molecule is CN=C(C(OC(F)F)=C(N)C(F)(F)C(F)(F)F)n1cc(-c2ccc(Cl)c(C(=O)N(COC)C3(C#N)CC3)c2)cn1. The van der Waals surface area contributed by atoms with Crippen LogP contribution in [0, 0.1) is 11.3 Å². The Hall–Kier alpha value is -3.84. The lowest BCUT2D eigenvalue weighted by molar-refractivity contribution is -0.266. The van der Waals surface area contributed by atoms with E-state index in [2.05, 4.69) is 20.9 Å². The summed E-state index contributed by atoms with van der Waals surface area (Å²) in [5.74, 6) is -9.11. The maximum Gasteiger partial charge on any atom is 0.459 e. The average molecular weight is 597 g/mol. The average Bonchev–Trinajstić information content (AvgIpc) is 3.53. The van der Waals surface area contributed by atoms with E-state index in [4.69, 9.17) is 22.1 Å². The maximum atomic E-state index is 13.9. The highest BCUT2D eigenvalue weighted by atomic mass is 35.5. The molecule has 0 unspecified atom stereocenters. The lowest BCUT2D eigenvalue weighted by Gasteiger charge is -2.27. The molecule has 9 nitrogen and oxygen atoms in total. The molecule has 1 aromatic carbocycles. The van der Waals surface area contributed by atoms with Gasteiger partial charge in [-0.1, -0.05) is 17.7 Å². The monoisotopic (exact) mass is 596 g/mol. The van der Waals surface area contributed by atoms with Crippen molar-refractivity contribution >= 4 is 23.3 Å². The maximum absolute atomic E-state index is 13.9. The summed E-state index contributed by atoms with van der Waals surface area (Å²) >= 11 is 6.24. The molecule has 0 saturated heterocycles. The van der Waals surface area contributed by atoms with Gasteiger partial charge in [0.1, 0.15) is 18.0 Å². The van der Waals surface area contributed by atoms with Crippen LogP contribution < -0.4 is 5.73 Å². The molecule has 2 aromatic rings. The molecule has 1 aromatic heterocycles. The summed E-state index contributed by atoms with van der Waals surface area (Å²) in [6.07, 6.45) is -3.25. The Morgan fingerprint density at radius 3 is 2.45 bits per heavy atom. The Kier molecular flexibility index (Phi) is 8.70. The number of nitrogens with zero attached hydrogens (tertiary/aromatic N) is 5. The highest BCUT2D eigenvalue weighted by molar-refractivity contribution is 6.34. The zero-order chi connectivity index (χ0) is 30.0. The summed E-state index contributed by atoms with van der Waals surface area (Å²) in [6.45, 7) is -4.04. The third kappa shape index (κ3) is 5.85. The Bertz CT molecular complexity index is 1380. The molecule has 1 heterocycles. The largest absolute Gasteiger partial charge is 0.459 e. The van der Waals surface area contributed by atoms with E-state index in [0.29, 0.717) is 17.5 Å². The van der Waals surface area contributed by atoms with Crippen LogP contribution in [-0.4, -0.2) is 71.6 Å². The number of nitriles is 1. The first-order valence-corrected chi connectivity index (χ1v) is 11.4. The number of amides is 1. The second-order valence-electron chi connectivity index (χ2n) is 8.40. The summed E-state index contributed by atoms with van der Waals surface area (Å²) in [6, 6.07) is 6.18. The Balaban J connectivity index is 2.04. The molecule has 1 fully saturated rings. The predicted molar refractivity (Wildman–Crippen MR) is 126 cm³/mol. The summed E-state index contributed by atoms with van der Waals surface area (Å²) in [5.41, 5.74) is 1.92. The summed E-state index contributed by atoms with van der Waals surface area (Å²) in [4.78, 5) is 18.0. The van der Waals surface area contributed by atoms with Crippen molar-refractivity contribution in [3.8, 4) is 17.2 Å². The minimum Gasteiger partial charge on any atom is -0.429 e. The number of hydrogen-bond acceptors (Lipinski definition) is 7. The molecular weight excluding hydrogens is 577 g/mol. The number of ether oxygens (including phenoxy) is 2. The number of hydrogen-bond donors (Lipinski definition) is 1. The molecule has 1 amide bonds. The van der Waals surface area contributed by atoms with E-state index in [9.17, 15) is 40.8 Å². The zero-order valence-electron chi connectivity index (χ0n) is 20.6. The van der Waals surface area contributed by atoms with Gasteiger partial charge in [-0.3, -0.25) is 14.7 Å². The van der Waals surface area contributed by atoms with Crippen molar-refractivity contribution in [3.63, 3.8) is 0 Å². The number of halogens is 8. The number of nitrogens with two attached hydrogens (primary N) is 1. The molecule has 3 rings (SSSR count). The summed E-state index contributed by atoms with van der Waals surface area (Å²) < 4.78 is 102. The molecule has 1 saturated carbocycles. The van der Waals surface area contributed by atoms with E-state index in [0.717, 1.165) is 19.4 Å². The Morgan fingerprint density at radius 1 is 1.30 bits per heavy atom. The van der Waals surface area contributed by atoms with Crippen molar-refractivity contribution < 1.29 is 45.0 Å². The van der Waals surface area contributed by atoms with Crippen molar-refractivity contribution in [3.05, 3.63) is 52.6 Å². The van der Waals surface area contributed by atoms with Gasteiger partial charge in [-0.2, -0.15) is 41.1 Å². The first-order chi connectivity index (χ1) is 18.6. The topological polar surface area (TPSA) is 119 Å². The fourth-order valence-corrected chi connectivity index (χ4v) is 3.80. The van der Waals surface area contributed by atoms with Crippen molar-refractivity contribution in [2.75, 3.05) is 20.9 Å². The van der Waals surface area contributed by atoms with Crippen molar-refractivity contribution in [2.24, 2.45) is 10.7 Å². The standard InChI is InChI=1S/C23H20ClF7N6O3/c1-34-18(16(40-20(25)26)17(33)22(27,28)23(29,30)31)37-9-13(8-35-37)12-3-4-15(24)14(7-12)19(38)36(11-39-2)21(10-32)5-6-21/h3-4,7-9,20H,5-6,11,33H2,1-2H3. The highest BCUT2D eigenvalue weighted by Gasteiger charge is 2.61. The van der Waals surface area contributed by atoms with E-state index >= 15 is 0 Å². The van der Waals surface area contributed by atoms with Gasteiger partial charge in [0, 0.05) is 25.9 Å². The number of methoxy groups -OCH3 is 1. The van der Waals surface area contributed by atoms with E-state index in [1.54, 1.807) is 0 Å². The van der Waals surface area contributed by atoms with Gasteiger partial charge >= 0.3 is 18.7 Å². The molecule has 0 bridgehead atoms. The molecule has 0 aliphatic heterocycles. The van der Waals surface area contributed by atoms with Crippen LogP contribution in [0.3, 0.4) is 0 Å². The number of carbonyl (C=O) groups is 1. The third-order valence-corrected chi connectivity index (χ3v) is 6.17. The fraction of sp³-hybridized carbons (Fsp3) is 0.391. The second kappa shape index (κ2) is 11.3. The minimum atomic E-state index is -6.23. The zero-order valence-corrected chi connectivity index (χ0v) is 21.4. The molecule has 0 atom stereocenters. The van der Waals surface area contributed by atoms with Gasteiger partial charge in [0.25, 0.3) is 5.91 Å². The van der Waals surface area contributed by atoms with Gasteiger partial charge in [0.2, 0.25) is 0 Å². The number of benzene rings is 1. The van der Waals surface area contributed by atoms with Crippen LogP contribution in [0.2, 0.25) is 5.02 Å². The van der Waals surface area contributed by atoms with Crippen LogP contribution >= 0.6 is 11.6 Å². The molecule has 216 valence electrons. The smallest absolute Gasteiger partial charge is 0.429 e. The van der Waals surface area contributed by atoms with Crippen molar-refractivity contribution in [2.45, 2.75) is 37.1 Å². The quantitative estimate of drug-likeness (QED) is 0.146. The Morgan fingerprint density at radius 2 is 1.95 bits per heavy atom. The number of aromatic nitrogens is 2. The van der Waals surface area contributed by atoms with Crippen LogP contribution in [0.4, 0.5) is 30.7 Å². The normalized spacial score (nSPS) is 15.9. The Labute approximate surface area is 227 Å². The molecule has 40 heavy (non-hydrogen) atoms. The molecule has 1 aliphatic rings. The van der Waals surface area contributed by atoms with Crippen molar-refractivity contribution in [1.82, 2.24) is 14.7 Å². The molecule has 0 radical (unpaired) electrons. The summed E-state index contributed by atoms with van der Waals surface area (Å²) in [5, 5.41) is 13.3. The van der Waals surface area contributed by atoms with E-state index in [-0.39, 0.29) is 28.4 Å². The molecule has 2 N–H and O–H groups in total. The number of allylic oxidation sites excluding steroid dienone is 2. The van der Waals surface area contributed by atoms with Gasteiger partial charge in [-0.05, 0) is 30.5 Å². The number of alkyl halides is 7. The number of rotatable bonds is 9. The molecule has 1 aliphatic carbocycles. The molecular formula is C23H20ClF7N6O3. The lowest BCUT2D eigenvalue weighted by atomic mass is 10.0. The van der Waals surface area contributed by atoms with Crippen LogP contribution in [0.25, 0.3) is 11.1 Å². The number of aliphatic imine (C=N–C) groups is 1. The third-order valence-electron chi connectivity index (χ3n) is 5.84. The highest BCUT2D eigenvalue weighted by Crippen LogP contribution is 2.43. The van der Waals surface area contributed by atoms with Gasteiger partial charge in [-0.15, -0.1) is 0 Å². The summed E-state index contributed by atoms with van der Waals surface area (Å²) in [7, 11) is 2.24. The van der Waals surface area contributed by atoms with E-state index < -0.39 is 47.4 Å². The van der Waals surface area contributed by atoms with Crippen molar-refractivity contribution in [1.29, 1.82) is 5.26 Å². The van der Waals surface area contributed by atoms with E-state index in [1.165, 1.54) is 30.2 Å². The minimum absolute atomic E-state index is 0.0181. The van der Waals surface area contributed by atoms with Gasteiger partial charge in [0.15, 0.2) is 11.6 Å². The van der Waals surface area contributed by atoms with Crippen LogP contribution in [0.15, 0.2) is 47.0 Å². The van der Waals surface area contributed by atoms with Crippen LogP contribution in [0.5, 0.6) is 0 Å². The second-order valence-corrected chi connectivity index (χ2v) is 8.81.